The summed E-state index contributed by atoms with van der Waals surface area (Å²) in [5.74, 6) is 1.12. The van der Waals surface area contributed by atoms with Crippen LogP contribution in [0.4, 0.5) is 0 Å². The standard InChI is InChI=1S/C14H26N4O2/c1-4-15-13(16-9-14(3)10-20-11-14)18-7-5-17(6-8-18)12(2)19/h4-11H2,1-3H3,(H,15,16). The number of carbonyl (C=O) groups is 1. The molecule has 0 saturated carbocycles. The zero-order chi connectivity index (χ0) is 14.6. The summed E-state index contributed by atoms with van der Waals surface area (Å²) in [7, 11) is 0. The fourth-order valence-corrected chi connectivity index (χ4v) is 2.47. The summed E-state index contributed by atoms with van der Waals surface area (Å²) < 4.78 is 5.27. The first kappa shape index (κ1) is 15.1. The molecule has 0 radical (unpaired) electrons. The molecule has 20 heavy (non-hydrogen) atoms. The smallest absolute Gasteiger partial charge is 0.219 e. The molecule has 0 aromatic carbocycles. The molecular weight excluding hydrogens is 256 g/mol. The predicted octanol–water partition coefficient (Wildman–Crippen LogP) is 0.153. The topological polar surface area (TPSA) is 57.2 Å². The van der Waals surface area contributed by atoms with Gasteiger partial charge in [-0.1, -0.05) is 6.92 Å². The number of piperazine rings is 1. The molecule has 2 aliphatic rings. The third-order valence-corrected chi connectivity index (χ3v) is 3.87. The van der Waals surface area contributed by atoms with Gasteiger partial charge in [0.25, 0.3) is 0 Å². The number of rotatable bonds is 3. The van der Waals surface area contributed by atoms with Crippen LogP contribution >= 0.6 is 0 Å². The van der Waals surface area contributed by atoms with E-state index in [2.05, 4.69) is 24.1 Å². The normalized spacial score (nSPS) is 22.4. The van der Waals surface area contributed by atoms with Gasteiger partial charge in [0.2, 0.25) is 5.91 Å². The van der Waals surface area contributed by atoms with Crippen LogP contribution in [0.1, 0.15) is 20.8 Å². The lowest BCUT2D eigenvalue weighted by molar-refractivity contribution is -0.130. The fraction of sp³-hybridized carbons (Fsp3) is 0.857. The first-order chi connectivity index (χ1) is 9.54. The van der Waals surface area contributed by atoms with E-state index in [0.717, 1.165) is 58.4 Å². The van der Waals surface area contributed by atoms with Crippen LogP contribution in [0.3, 0.4) is 0 Å². The minimum absolute atomic E-state index is 0.158. The molecule has 6 nitrogen and oxygen atoms in total. The SMILES string of the molecule is CCNC(=NCC1(C)COC1)N1CCN(C(C)=O)CC1. The van der Waals surface area contributed by atoms with E-state index < -0.39 is 0 Å². The van der Waals surface area contributed by atoms with Crippen molar-refractivity contribution < 1.29 is 9.53 Å². The fourth-order valence-electron chi connectivity index (χ4n) is 2.47. The van der Waals surface area contributed by atoms with Crippen molar-refractivity contribution in [1.82, 2.24) is 15.1 Å². The quantitative estimate of drug-likeness (QED) is 0.591. The van der Waals surface area contributed by atoms with Gasteiger partial charge in [0.15, 0.2) is 5.96 Å². The van der Waals surface area contributed by atoms with Gasteiger partial charge in [-0.25, -0.2) is 0 Å². The molecule has 0 aromatic heterocycles. The second-order valence-electron chi connectivity index (χ2n) is 5.97. The summed E-state index contributed by atoms with van der Waals surface area (Å²) in [4.78, 5) is 20.2. The monoisotopic (exact) mass is 282 g/mol. The summed E-state index contributed by atoms with van der Waals surface area (Å²) >= 11 is 0. The van der Waals surface area contributed by atoms with Crippen LogP contribution in [-0.2, 0) is 9.53 Å². The van der Waals surface area contributed by atoms with E-state index in [4.69, 9.17) is 9.73 Å². The second kappa shape index (κ2) is 6.43. The molecule has 1 amide bonds. The number of amides is 1. The van der Waals surface area contributed by atoms with Gasteiger partial charge in [-0.05, 0) is 6.92 Å². The van der Waals surface area contributed by atoms with E-state index in [1.165, 1.54) is 0 Å². The highest BCUT2D eigenvalue weighted by molar-refractivity contribution is 5.80. The van der Waals surface area contributed by atoms with Crippen LogP contribution in [-0.4, -0.2) is 74.1 Å². The molecule has 2 rings (SSSR count). The second-order valence-corrected chi connectivity index (χ2v) is 5.97. The predicted molar refractivity (Wildman–Crippen MR) is 78.7 cm³/mol. The number of guanidine groups is 1. The van der Waals surface area contributed by atoms with Crippen LogP contribution in [0, 0.1) is 5.41 Å². The highest BCUT2D eigenvalue weighted by Crippen LogP contribution is 2.26. The maximum Gasteiger partial charge on any atom is 0.219 e. The molecular formula is C14H26N4O2. The van der Waals surface area contributed by atoms with Gasteiger partial charge in [-0.3, -0.25) is 9.79 Å². The molecule has 1 N–H and O–H groups in total. The van der Waals surface area contributed by atoms with E-state index >= 15 is 0 Å². The van der Waals surface area contributed by atoms with Crippen molar-refractivity contribution in [2.24, 2.45) is 10.4 Å². The Morgan fingerprint density at radius 3 is 2.30 bits per heavy atom. The lowest BCUT2D eigenvalue weighted by Gasteiger charge is -2.38. The Hall–Kier alpha value is -1.30. The molecule has 114 valence electrons. The van der Waals surface area contributed by atoms with Gasteiger partial charge in [0.05, 0.1) is 19.8 Å². The minimum Gasteiger partial charge on any atom is -0.380 e. The zero-order valence-electron chi connectivity index (χ0n) is 12.8. The van der Waals surface area contributed by atoms with E-state index in [9.17, 15) is 4.79 Å². The Kier molecular flexibility index (Phi) is 4.86. The Balaban J connectivity index is 1.91. The summed E-state index contributed by atoms with van der Waals surface area (Å²) in [6.07, 6.45) is 0. The Labute approximate surface area is 121 Å². The molecule has 0 aliphatic carbocycles. The lowest BCUT2D eigenvalue weighted by Crippen LogP contribution is -2.54. The van der Waals surface area contributed by atoms with Gasteiger partial charge >= 0.3 is 0 Å². The lowest BCUT2D eigenvalue weighted by atomic mass is 9.89. The summed E-state index contributed by atoms with van der Waals surface area (Å²) in [5.41, 5.74) is 0.196. The molecule has 0 spiro atoms. The number of nitrogens with zero attached hydrogens (tertiary/aromatic N) is 3. The number of aliphatic imine (C=N–C) groups is 1. The molecule has 0 bridgehead atoms. The summed E-state index contributed by atoms with van der Waals surface area (Å²) in [6, 6.07) is 0. The average Bonchev–Trinajstić information content (AvgIpc) is 2.41. The van der Waals surface area contributed by atoms with Gasteiger partial charge in [0, 0.05) is 45.1 Å². The molecule has 2 heterocycles. The Morgan fingerprint density at radius 1 is 1.25 bits per heavy atom. The summed E-state index contributed by atoms with van der Waals surface area (Å²) in [6.45, 7) is 12.4. The van der Waals surface area contributed by atoms with Crippen molar-refractivity contribution in [3.8, 4) is 0 Å². The van der Waals surface area contributed by atoms with Crippen molar-refractivity contribution in [3.63, 3.8) is 0 Å². The molecule has 2 aliphatic heterocycles. The van der Waals surface area contributed by atoms with Crippen molar-refractivity contribution in [2.75, 3.05) is 52.5 Å². The van der Waals surface area contributed by atoms with E-state index in [0.29, 0.717) is 0 Å². The number of hydrogen-bond donors (Lipinski definition) is 1. The molecule has 0 aromatic rings. The van der Waals surface area contributed by atoms with Crippen LogP contribution in [0.25, 0.3) is 0 Å². The molecule has 0 atom stereocenters. The maximum absolute atomic E-state index is 11.4. The van der Waals surface area contributed by atoms with Crippen LogP contribution in [0.15, 0.2) is 4.99 Å². The van der Waals surface area contributed by atoms with E-state index in [1.54, 1.807) is 6.92 Å². The third-order valence-electron chi connectivity index (χ3n) is 3.87. The Morgan fingerprint density at radius 2 is 1.85 bits per heavy atom. The van der Waals surface area contributed by atoms with E-state index in [1.807, 2.05) is 4.90 Å². The number of ether oxygens (including phenoxy) is 1. The molecule has 0 unspecified atom stereocenters. The van der Waals surface area contributed by atoms with Gasteiger partial charge < -0.3 is 19.9 Å². The van der Waals surface area contributed by atoms with Crippen LogP contribution in [0.2, 0.25) is 0 Å². The zero-order valence-corrected chi connectivity index (χ0v) is 12.8. The van der Waals surface area contributed by atoms with Gasteiger partial charge in [0.1, 0.15) is 0 Å². The number of nitrogens with one attached hydrogen (secondary N) is 1. The van der Waals surface area contributed by atoms with Crippen LogP contribution < -0.4 is 5.32 Å². The largest absolute Gasteiger partial charge is 0.380 e. The number of carbonyl (C=O) groups excluding carboxylic acids is 1. The minimum atomic E-state index is 0.158. The molecule has 2 fully saturated rings. The van der Waals surface area contributed by atoms with Crippen LogP contribution in [0.5, 0.6) is 0 Å². The summed E-state index contributed by atoms with van der Waals surface area (Å²) in [5, 5.41) is 3.35. The highest BCUT2D eigenvalue weighted by Gasteiger charge is 2.33. The van der Waals surface area contributed by atoms with Crippen molar-refractivity contribution in [2.45, 2.75) is 20.8 Å². The third kappa shape index (κ3) is 3.62. The Bertz CT molecular complexity index is 371. The van der Waals surface area contributed by atoms with E-state index in [-0.39, 0.29) is 11.3 Å². The number of hydrogen-bond acceptors (Lipinski definition) is 3. The first-order valence-corrected chi connectivity index (χ1v) is 7.40. The van der Waals surface area contributed by atoms with Crippen molar-refractivity contribution >= 4 is 11.9 Å². The van der Waals surface area contributed by atoms with Crippen molar-refractivity contribution in [1.29, 1.82) is 0 Å². The molecule has 6 heteroatoms. The van der Waals surface area contributed by atoms with Crippen molar-refractivity contribution in [3.05, 3.63) is 0 Å². The van der Waals surface area contributed by atoms with Gasteiger partial charge in [-0.15, -0.1) is 0 Å². The molecule has 2 saturated heterocycles. The highest BCUT2D eigenvalue weighted by atomic mass is 16.5. The maximum atomic E-state index is 11.4. The first-order valence-electron chi connectivity index (χ1n) is 7.40. The van der Waals surface area contributed by atoms with Gasteiger partial charge in [-0.2, -0.15) is 0 Å². The average molecular weight is 282 g/mol.